The molecule has 0 bridgehead atoms. The van der Waals surface area contributed by atoms with E-state index >= 15 is 0 Å². The molecule has 1 fully saturated rings. The van der Waals surface area contributed by atoms with Crippen molar-refractivity contribution in [2.45, 2.75) is 26.2 Å². The van der Waals surface area contributed by atoms with Crippen molar-refractivity contribution in [2.75, 3.05) is 39.4 Å². The summed E-state index contributed by atoms with van der Waals surface area (Å²) in [6.45, 7) is 6.68. The summed E-state index contributed by atoms with van der Waals surface area (Å²) >= 11 is 0. The van der Waals surface area contributed by atoms with Gasteiger partial charge in [0.2, 0.25) is 0 Å². The number of morpholine rings is 1. The predicted molar refractivity (Wildman–Crippen MR) is 82.4 cm³/mol. The predicted octanol–water partition coefficient (Wildman–Crippen LogP) is 0.904. The van der Waals surface area contributed by atoms with Gasteiger partial charge in [0, 0.05) is 38.3 Å². The first-order valence-electron chi connectivity index (χ1n) is 7.99. The Morgan fingerprint density at radius 3 is 2.86 bits per heavy atom. The Bertz CT molecular complexity index is 573. The molecule has 0 aromatic carbocycles. The molecule has 120 valence electrons. The summed E-state index contributed by atoms with van der Waals surface area (Å²) in [6, 6.07) is 0. The zero-order chi connectivity index (χ0) is 15.5. The van der Waals surface area contributed by atoms with E-state index in [2.05, 4.69) is 15.2 Å². The molecule has 3 rings (SSSR count). The molecule has 1 aromatic rings. The number of aromatic amines is 1. The van der Waals surface area contributed by atoms with Crippen molar-refractivity contribution in [3.63, 3.8) is 0 Å². The molecule has 0 unspecified atom stereocenters. The molecule has 1 amide bonds. The molecular weight excluding hydrogens is 282 g/mol. The van der Waals surface area contributed by atoms with Crippen LogP contribution in [0.25, 0.3) is 0 Å². The lowest BCUT2D eigenvalue weighted by atomic mass is 9.93. The summed E-state index contributed by atoms with van der Waals surface area (Å²) in [5.74, 6) is 0.0506. The van der Waals surface area contributed by atoms with E-state index in [0.717, 1.165) is 56.9 Å². The summed E-state index contributed by atoms with van der Waals surface area (Å²) < 4.78 is 5.31. The largest absolute Gasteiger partial charge is 0.379 e. The van der Waals surface area contributed by atoms with Crippen molar-refractivity contribution in [1.29, 1.82) is 0 Å². The monoisotopic (exact) mass is 305 g/mol. The number of rotatable bonds is 4. The maximum Gasteiger partial charge on any atom is 0.253 e. The summed E-state index contributed by atoms with van der Waals surface area (Å²) in [6.07, 6.45) is 2.21. The molecule has 2 aliphatic rings. The number of fused-ring (bicyclic) bond motifs is 1. The highest BCUT2D eigenvalue weighted by Crippen LogP contribution is 2.26. The van der Waals surface area contributed by atoms with Gasteiger partial charge >= 0.3 is 0 Å². The third kappa shape index (κ3) is 3.08. The van der Waals surface area contributed by atoms with E-state index in [0.29, 0.717) is 24.2 Å². The molecule has 1 aromatic heterocycles. The summed E-state index contributed by atoms with van der Waals surface area (Å²) in [5, 5.41) is 2.99. The van der Waals surface area contributed by atoms with Gasteiger partial charge in [0.25, 0.3) is 5.91 Å². The topological polar surface area (TPSA) is 74.4 Å². The first-order chi connectivity index (χ1) is 10.7. The number of Topliss-reactive ketones (excluding diaryl/α,β-unsaturated/α-hetero) is 1. The van der Waals surface area contributed by atoms with Crippen LogP contribution in [-0.4, -0.2) is 61.0 Å². The molecule has 1 saturated heterocycles. The second-order valence-electron chi connectivity index (χ2n) is 5.97. The van der Waals surface area contributed by atoms with Gasteiger partial charge in [-0.1, -0.05) is 0 Å². The molecule has 0 saturated carbocycles. The van der Waals surface area contributed by atoms with E-state index in [9.17, 15) is 9.59 Å². The number of hydrogen-bond acceptors (Lipinski definition) is 4. The number of aryl methyl sites for hydroxylation is 1. The van der Waals surface area contributed by atoms with Gasteiger partial charge in [0.15, 0.2) is 5.78 Å². The molecule has 6 nitrogen and oxygen atoms in total. The van der Waals surface area contributed by atoms with E-state index in [-0.39, 0.29) is 11.7 Å². The van der Waals surface area contributed by atoms with Crippen molar-refractivity contribution >= 4 is 11.7 Å². The Kier molecular flexibility index (Phi) is 4.59. The van der Waals surface area contributed by atoms with Gasteiger partial charge in [-0.2, -0.15) is 0 Å². The van der Waals surface area contributed by atoms with Gasteiger partial charge < -0.3 is 15.0 Å². The number of ether oxygens (including phenoxy) is 1. The number of carbonyl (C=O) groups is 2. The smallest absolute Gasteiger partial charge is 0.253 e. The third-order valence-corrected chi connectivity index (χ3v) is 4.44. The van der Waals surface area contributed by atoms with E-state index in [1.165, 1.54) is 0 Å². The van der Waals surface area contributed by atoms with Crippen molar-refractivity contribution in [3.05, 3.63) is 22.5 Å². The SMILES string of the molecule is Cc1[nH]c2c(c1C(=O)NCCN1CCOCC1)CCCC2=O. The number of aromatic nitrogens is 1. The minimum atomic E-state index is -0.0713. The fourth-order valence-electron chi connectivity index (χ4n) is 3.26. The minimum Gasteiger partial charge on any atom is -0.379 e. The molecule has 6 heteroatoms. The quantitative estimate of drug-likeness (QED) is 0.867. The molecular formula is C16H23N3O3. The molecule has 0 atom stereocenters. The van der Waals surface area contributed by atoms with Gasteiger partial charge in [-0.15, -0.1) is 0 Å². The Hall–Kier alpha value is -1.66. The highest BCUT2D eigenvalue weighted by Gasteiger charge is 2.27. The Morgan fingerprint density at radius 1 is 1.32 bits per heavy atom. The van der Waals surface area contributed by atoms with Crippen LogP contribution in [0.3, 0.4) is 0 Å². The molecule has 2 heterocycles. The highest BCUT2D eigenvalue weighted by atomic mass is 16.5. The van der Waals surface area contributed by atoms with Crippen LogP contribution in [0.5, 0.6) is 0 Å². The summed E-state index contributed by atoms with van der Waals surface area (Å²) in [4.78, 5) is 29.8. The van der Waals surface area contributed by atoms with Crippen molar-refractivity contribution in [3.8, 4) is 0 Å². The Labute approximate surface area is 130 Å². The van der Waals surface area contributed by atoms with Crippen molar-refractivity contribution < 1.29 is 14.3 Å². The molecule has 2 N–H and O–H groups in total. The third-order valence-electron chi connectivity index (χ3n) is 4.44. The van der Waals surface area contributed by atoms with Crippen LogP contribution in [0.4, 0.5) is 0 Å². The maximum absolute atomic E-state index is 12.5. The molecule has 0 spiro atoms. The van der Waals surface area contributed by atoms with Crippen LogP contribution < -0.4 is 5.32 Å². The van der Waals surface area contributed by atoms with Crippen LogP contribution in [0, 0.1) is 6.92 Å². The first-order valence-corrected chi connectivity index (χ1v) is 7.99. The Balaban J connectivity index is 1.61. The highest BCUT2D eigenvalue weighted by molar-refractivity contribution is 6.04. The van der Waals surface area contributed by atoms with Crippen LogP contribution in [-0.2, 0) is 11.2 Å². The van der Waals surface area contributed by atoms with Gasteiger partial charge in [0.05, 0.1) is 24.5 Å². The van der Waals surface area contributed by atoms with Gasteiger partial charge in [0.1, 0.15) is 0 Å². The van der Waals surface area contributed by atoms with Crippen LogP contribution in [0.1, 0.15) is 44.9 Å². The number of nitrogens with zero attached hydrogens (tertiary/aromatic N) is 1. The Morgan fingerprint density at radius 2 is 2.09 bits per heavy atom. The zero-order valence-corrected chi connectivity index (χ0v) is 13.0. The standard InChI is InChI=1S/C16H23N3O3/c1-11-14(12-3-2-4-13(20)15(12)18-11)16(21)17-5-6-19-7-9-22-10-8-19/h18H,2-10H2,1H3,(H,17,21). The number of hydrogen-bond donors (Lipinski definition) is 2. The molecule has 1 aliphatic carbocycles. The van der Waals surface area contributed by atoms with Crippen molar-refractivity contribution in [2.24, 2.45) is 0 Å². The van der Waals surface area contributed by atoms with Gasteiger partial charge in [-0.25, -0.2) is 0 Å². The molecule has 0 radical (unpaired) electrons. The van der Waals surface area contributed by atoms with Crippen LogP contribution in [0.2, 0.25) is 0 Å². The average Bonchev–Trinajstić information content (AvgIpc) is 2.86. The van der Waals surface area contributed by atoms with Gasteiger partial charge in [-0.05, 0) is 25.3 Å². The van der Waals surface area contributed by atoms with Crippen LogP contribution >= 0.6 is 0 Å². The number of H-pyrrole nitrogens is 1. The lowest BCUT2D eigenvalue weighted by Gasteiger charge is -2.26. The van der Waals surface area contributed by atoms with E-state index in [1.807, 2.05) is 6.92 Å². The van der Waals surface area contributed by atoms with Gasteiger partial charge in [-0.3, -0.25) is 14.5 Å². The number of nitrogens with one attached hydrogen (secondary N) is 2. The summed E-state index contributed by atoms with van der Waals surface area (Å²) in [7, 11) is 0. The van der Waals surface area contributed by atoms with E-state index < -0.39 is 0 Å². The summed E-state index contributed by atoms with van der Waals surface area (Å²) in [5.41, 5.74) is 3.01. The fraction of sp³-hybridized carbons (Fsp3) is 0.625. The lowest BCUT2D eigenvalue weighted by Crippen LogP contribution is -2.41. The zero-order valence-electron chi connectivity index (χ0n) is 13.0. The number of amides is 1. The molecule has 22 heavy (non-hydrogen) atoms. The second kappa shape index (κ2) is 6.62. The number of ketones is 1. The average molecular weight is 305 g/mol. The second-order valence-corrected chi connectivity index (χ2v) is 5.97. The first kappa shape index (κ1) is 15.2. The minimum absolute atomic E-state index is 0.0713. The normalized spacial score (nSPS) is 19.0. The van der Waals surface area contributed by atoms with Crippen molar-refractivity contribution in [1.82, 2.24) is 15.2 Å². The van der Waals surface area contributed by atoms with E-state index in [1.54, 1.807) is 0 Å². The molecule has 1 aliphatic heterocycles. The number of carbonyl (C=O) groups excluding carboxylic acids is 2. The van der Waals surface area contributed by atoms with Crippen LogP contribution in [0.15, 0.2) is 0 Å². The van der Waals surface area contributed by atoms with E-state index in [4.69, 9.17) is 4.74 Å². The lowest BCUT2D eigenvalue weighted by molar-refractivity contribution is 0.0383. The maximum atomic E-state index is 12.5. The fourth-order valence-corrected chi connectivity index (χ4v) is 3.26.